The maximum Gasteiger partial charge on any atom is 0.225 e. The van der Waals surface area contributed by atoms with E-state index in [1.54, 1.807) is 18.2 Å². The molecule has 0 spiro atoms. The number of likely N-dealkylation sites (tertiary alicyclic amines) is 1. The largest absolute Gasteiger partial charge is 0.490 e. The van der Waals surface area contributed by atoms with Crippen LogP contribution in [-0.2, 0) is 4.79 Å². The van der Waals surface area contributed by atoms with Gasteiger partial charge in [0.15, 0.2) is 11.6 Å². The van der Waals surface area contributed by atoms with E-state index in [2.05, 4.69) is 5.32 Å². The predicted octanol–water partition coefficient (Wildman–Crippen LogP) is 1.80. The average Bonchev–Trinajstić information content (AvgIpc) is 2.49. The Morgan fingerprint density at radius 2 is 2.10 bits per heavy atom. The van der Waals surface area contributed by atoms with Crippen molar-refractivity contribution in [3.05, 3.63) is 30.1 Å². The standard InChI is InChI=1S/C15H21FN2O2/c1-17-12-6-9-18(10-7-12)15(19)8-11-20-14-5-3-2-4-13(14)16/h2-5,12,17H,6-11H2,1H3. The summed E-state index contributed by atoms with van der Waals surface area (Å²) in [5, 5.41) is 3.23. The van der Waals surface area contributed by atoms with E-state index in [0.717, 1.165) is 25.9 Å². The molecule has 1 aromatic carbocycles. The first kappa shape index (κ1) is 14.8. The van der Waals surface area contributed by atoms with E-state index in [1.165, 1.54) is 6.07 Å². The van der Waals surface area contributed by atoms with Crippen molar-refractivity contribution in [2.45, 2.75) is 25.3 Å². The molecule has 0 atom stereocenters. The minimum atomic E-state index is -0.394. The van der Waals surface area contributed by atoms with Crippen molar-refractivity contribution in [2.75, 3.05) is 26.7 Å². The highest BCUT2D eigenvalue weighted by Gasteiger charge is 2.21. The van der Waals surface area contributed by atoms with Crippen LogP contribution in [0.5, 0.6) is 5.75 Å². The number of hydrogen-bond donors (Lipinski definition) is 1. The summed E-state index contributed by atoms with van der Waals surface area (Å²) >= 11 is 0. The average molecular weight is 280 g/mol. The fraction of sp³-hybridized carbons (Fsp3) is 0.533. The molecule has 1 amide bonds. The molecule has 1 aliphatic heterocycles. The highest BCUT2D eigenvalue weighted by Crippen LogP contribution is 2.16. The number of ether oxygens (including phenoxy) is 1. The first-order chi connectivity index (χ1) is 9.70. The van der Waals surface area contributed by atoms with Gasteiger partial charge in [-0.25, -0.2) is 4.39 Å². The van der Waals surface area contributed by atoms with Crippen molar-refractivity contribution in [3.8, 4) is 5.75 Å². The van der Waals surface area contributed by atoms with Crippen LogP contribution in [-0.4, -0.2) is 43.6 Å². The number of amides is 1. The van der Waals surface area contributed by atoms with Gasteiger partial charge in [-0.15, -0.1) is 0 Å². The molecule has 2 rings (SSSR count). The molecular formula is C15H21FN2O2. The van der Waals surface area contributed by atoms with Gasteiger partial charge in [-0.1, -0.05) is 12.1 Å². The molecule has 0 aliphatic carbocycles. The lowest BCUT2D eigenvalue weighted by atomic mass is 10.1. The Hall–Kier alpha value is -1.62. The van der Waals surface area contributed by atoms with Crippen molar-refractivity contribution in [2.24, 2.45) is 0 Å². The Kier molecular flexibility index (Phi) is 5.35. The van der Waals surface area contributed by atoms with E-state index in [4.69, 9.17) is 4.74 Å². The highest BCUT2D eigenvalue weighted by molar-refractivity contribution is 5.76. The lowest BCUT2D eigenvalue weighted by molar-refractivity contribution is -0.132. The molecule has 20 heavy (non-hydrogen) atoms. The molecule has 0 aromatic heterocycles. The van der Waals surface area contributed by atoms with E-state index in [0.29, 0.717) is 12.5 Å². The monoisotopic (exact) mass is 280 g/mol. The summed E-state index contributed by atoms with van der Waals surface area (Å²) < 4.78 is 18.6. The number of benzene rings is 1. The van der Waals surface area contributed by atoms with Crippen LogP contribution in [0.2, 0.25) is 0 Å². The predicted molar refractivity (Wildman–Crippen MR) is 75.2 cm³/mol. The Morgan fingerprint density at radius 3 is 2.75 bits per heavy atom. The van der Waals surface area contributed by atoms with Crippen LogP contribution in [0.15, 0.2) is 24.3 Å². The van der Waals surface area contributed by atoms with Crippen LogP contribution in [0.1, 0.15) is 19.3 Å². The Balaban J connectivity index is 1.72. The molecular weight excluding hydrogens is 259 g/mol. The third-order valence-corrected chi connectivity index (χ3v) is 3.67. The molecule has 1 aliphatic rings. The van der Waals surface area contributed by atoms with Crippen LogP contribution in [0.4, 0.5) is 4.39 Å². The topological polar surface area (TPSA) is 41.6 Å². The number of piperidine rings is 1. The summed E-state index contributed by atoms with van der Waals surface area (Å²) in [7, 11) is 1.95. The van der Waals surface area contributed by atoms with Gasteiger partial charge >= 0.3 is 0 Å². The Bertz CT molecular complexity index is 445. The fourth-order valence-electron chi connectivity index (χ4n) is 2.39. The fourth-order valence-corrected chi connectivity index (χ4v) is 2.39. The SMILES string of the molecule is CNC1CCN(C(=O)CCOc2ccccc2F)CC1. The van der Waals surface area contributed by atoms with Gasteiger partial charge in [0, 0.05) is 19.1 Å². The molecule has 1 saturated heterocycles. The van der Waals surface area contributed by atoms with Crippen molar-refractivity contribution in [1.29, 1.82) is 0 Å². The molecule has 5 heteroatoms. The van der Waals surface area contributed by atoms with Gasteiger partial charge in [0.2, 0.25) is 5.91 Å². The second-order valence-electron chi connectivity index (χ2n) is 4.97. The molecule has 0 unspecified atom stereocenters. The summed E-state index contributed by atoms with van der Waals surface area (Å²) in [6.45, 7) is 1.78. The molecule has 1 N–H and O–H groups in total. The van der Waals surface area contributed by atoms with Gasteiger partial charge in [0.05, 0.1) is 13.0 Å². The number of halogens is 1. The molecule has 0 saturated carbocycles. The molecule has 1 heterocycles. The summed E-state index contributed by atoms with van der Waals surface area (Å²) in [6.07, 6.45) is 2.26. The van der Waals surface area contributed by atoms with Crippen LogP contribution in [0.25, 0.3) is 0 Å². The normalized spacial score (nSPS) is 16.2. The van der Waals surface area contributed by atoms with Gasteiger partial charge in [-0.05, 0) is 32.0 Å². The summed E-state index contributed by atoms with van der Waals surface area (Å²) in [4.78, 5) is 13.9. The summed E-state index contributed by atoms with van der Waals surface area (Å²) in [6, 6.07) is 6.74. The maximum absolute atomic E-state index is 13.3. The first-order valence-corrected chi connectivity index (χ1v) is 7.03. The van der Waals surface area contributed by atoms with Gasteiger partial charge in [0.1, 0.15) is 0 Å². The Morgan fingerprint density at radius 1 is 1.40 bits per heavy atom. The van der Waals surface area contributed by atoms with E-state index in [-0.39, 0.29) is 18.3 Å². The van der Waals surface area contributed by atoms with Crippen LogP contribution in [0.3, 0.4) is 0 Å². The van der Waals surface area contributed by atoms with E-state index in [1.807, 2.05) is 11.9 Å². The Labute approximate surface area is 118 Å². The van der Waals surface area contributed by atoms with Crippen LogP contribution in [0, 0.1) is 5.82 Å². The first-order valence-electron chi connectivity index (χ1n) is 7.03. The number of carbonyl (C=O) groups excluding carboxylic acids is 1. The highest BCUT2D eigenvalue weighted by atomic mass is 19.1. The van der Waals surface area contributed by atoms with E-state index < -0.39 is 5.82 Å². The third-order valence-electron chi connectivity index (χ3n) is 3.67. The minimum Gasteiger partial charge on any atom is -0.490 e. The number of hydrogen-bond acceptors (Lipinski definition) is 3. The van der Waals surface area contributed by atoms with Gasteiger partial charge in [0.25, 0.3) is 0 Å². The zero-order valence-electron chi connectivity index (χ0n) is 11.8. The van der Waals surface area contributed by atoms with Crippen molar-refractivity contribution in [1.82, 2.24) is 10.2 Å². The molecule has 4 nitrogen and oxygen atoms in total. The number of para-hydroxylation sites is 1. The van der Waals surface area contributed by atoms with Crippen LogP contribution >= 0.6 is 0 Å². The third kappa shape index (κ3) is 3.93. The van der Waals surface area contributed by atoms with E-state index in [9.17, 15) is 9.18 Å². The number of nitrogens with zero attached hydrogens (tertiary/aromatic N) is 1. The zero-order chi connectivity index (χ0) is 14.4. The minimum absolute atomic E-state index is 0.0795. The quantitative estimate of drug-likeness (QED) is 0.894. The van der Waals surface area contributed by atoms with Gasteiger partial charge in [-0.3, -0.25) is 4.79 Å². The molecule has 1 aromatic rings. The lowest BCUT2D eigenvalue weighted by Gasteiger charge is -2.31. The molecule has 0 bridgehead atoms. The maximum atomic E-state index is 13.3. The van der Waals surface area contributed by atoms with Crippen molar-refractivity contribution in [3.63, 3.8) is 0 Å². The lowest BCUT2D eigenvalue weighted by Crippen LogP contribution is -2.44. The number of carbonyl (C=O) groups is 1. The van der Waals surface area contributed by atoms with Gasteiger partial charge < -0.3 is 15.0 Å². The molecule has 1 fully saturated rings. The number of nitrogens with one attached hydrogen (secondary N) is 1. The summed E-state index contributed by atoms with van der Waals surface area (Å²) in [5.41, 5.74) is 0. The smallest absolute Gasteiger partial charge is 0.225 e. The van der Waals surface area contributed by atoms with Crippen molar-refractivity contribution < 1.29 is 13.9 Å². The van der Waals surface area contributed by atoms with Crippen LogP contribution < -0.4 is 10.1 Å². The second-order valence-corrected chi connectivity index (χ2v) is 4.97. The molecule has 110 valence electrons. The second kappa shape index (κ2) is 7.24. The zero-order valence-corrected chi connectivity index (χ0v) is 11.8. The van der Waals surface area contributed by atoms with E-state index >= 15 is 0 Å². The number of rotatable bonds is 5. The van der Waals surface area contributed by atoms with Crippen molar-refractivity contribution >= 4 is 5.91 Å². The summed E-state index contributed by atoms with van der Waals surface area (Å²) in [5.74, 6) is -0.111. The molecule has 0 radical (unpaired) electrons. The van der Waals surface area contributed by atoms with Gasteiger partial charge in [-0.2, -0.15) is 0 Å².